The van der Waals surface area contributed by atoms with Crippen LogP contribution in [-0.2, 0) is 5.41 Å². The van der Waals surface area contributed by atoms with Crippen molar-refractivity contribution in [3.8, 4) is 16.8 Å². The van der Waals surface area contributed by atoms with Crippen LogP contribution in [0.25, 0.3) is 27.7 Å². The van der Waals surface area contributed by atoms with Gasteiger partial charge in [0, 0.05) is 22.7 Å². The maximum absolute atomic E-state index is 2.33. The highest BCUT2D eigenvalue weighted by Crippen LogP contribution is 2.51. The Morgan fingerprint density at radius 1 is 0.708 bits per heavy atom. The van der Waals surface area contributed by atoms with Crippen LogP contribution in [0.1, 0.15) is 25.0 Å². The van der Waals surface area contributed by atoms with Crippen LogP contribution >= 0.6 is 0 Å². The molecule has 0 N–H and O–H groups in total. The fourth-order valence-corrected chi connectivity index (χ4v) is 4.23. The number of rotatable bonds is 1. The predicted octanol–water partition coefficient (Wildman–Crippen LogP) is 5.94. The zero-order valence-electron chi connectivity index (χ0n) is 14.0. The van der Waals surface area contributed by atoms with Crippen molar-refractivity contribution in [1.82, 2.24) is 4.57 Å². The van der Waals surface area contributed by atoms with Gasteiger partial charge in [-0.25, -0.2) is 0 Å². The molecule has 0 fully saturated rings. The van der Waals surface area contributed by atoms with E-state index in [1.165, 1.54) is 38.8 Å². The molecule has 1 heterocycles. The molecule has 24 heavy (non-hydrogen) atoms. The van der Waals surface area contributed by atoms with Crippen LogP contribution in [0.3, 0.4) is 0 Å². The van der Waals surface area contributed by atoms with Crippen molar-refractivity contribution < 1.29 is 0 Å². The number of fused-ring (bicyclic) bond motifs is 5. The van der Waals surface area contributed by atoms with Crippen LogP contribution in [0.15, 0.2) is 79.0 Å². The molecular formula is C23H19N. The van der Waals surface area contributed by atoms with Crippen LogP contribution in [0, 0.1) is 0 Å². The zero-order valence-corrected chi connectivity index (χ0v) is 14.0. The molecule has 0 spiro atoms. The fraction of sp³-hybridized carbons (Fsp3) is 0.130. The minimum atomic E-state index is 0.0644. The molecule has 1 aliphatic rings. The lowest BCUT2D eigenvalue weighted by Crippen LogP contribution is -2.14. The summed E-state index contributed by atoms with van der Waals surface area (Å²) in [6.07, 6.45) is 2.19. The molecule has 116 valence electrons. The van der Waals surface area contributed by atoms with Crippen LogP contribution < -0.4 is 0 Å². The van der Waals surface area contributed by atoms with Crippen LogP contribution in [-0.4, -0.2) is 4.57 Å². The second kappa shape index (κ2) is 4.61. The van der Waals surface area contributed by atoms with Gasteiger partial charge in [-0.1, -0.05) is 62.4 Å². The molecule has 0 amide bonds. The molecule has 1 aromatic heterocycles. The third-order valence-electron chi connectivity index (χ3n) is 5.45. The van der Waals surface area contributed by atoms with Crippen molar-refractivity contribution in [3.05, 3.63) is 90.1 Å². The molecular weight excluding hydrogens is 290 g/mol. The van der Waals surface area contributed by atoms with Crippen LogP contribution in [0.4, 0.5) is 0 Å². The summed E-state index contributed by atoms with van der Waals surface area (Å²) in [5.41, 5.74) is 8.19. The van der Waals surface area contributed by atoms with Gasteiger partial charge in [0.25, 0.3) is 0 Å². The minimum absolute atomic E-state index is 0.0644. The number of benzene rings is 3. The van der Waals surface area contributed by atoms with Gasteiger partial charge in [-0.3, -0.25) is 0 Å². The minimum Gasteiger partial charge on any atom is -0.317 e. The topological polar surface area (TPSA) is 4.93 Å². The van der Waals surface area contributed by atoms with E-state index in [1.807, 2.05) is 0 Å². The molecule has 0 unspecified atom stereocenters. The first-order chi connectivity index (χ1) is 11.7. The lowest BCUT2D eigenvalue weighted by atomic mass is 9.82. The molecule has 5 rings (SSSR count). The van der Waals surface area contributed by atoms with Crippen LogP contribution in [0.5, 0.6) is 0 Å². The molecule has 1 nitrogen and oxygen atoms in total. The standard InChI is InChI=1S/C23H19N/c1-23(2)19-11-7-6-10-17(19)22-18-14-15-24(16-8-4-3-5-9-16)21(18)13-12-20(22)23/h3-15H,1-2H3. The number of aromatic nitrogens is 1. The molecule has 3 aromatic carbocycles. The van der Waals surface area contributed by atoms with Gasteiger partial charge in [0.1, 0.15) is 0 Å². The van der Waals surface area contributed by atoms with Crippen molar-refractivity contribution in [2.24, 2.45) is 0 Å². The average molecular weight is 309 g/mol. The third kappa shape index (κ3) is 1.64. The van der Waals surface area contributed by atoms with Gasteiger partial charge in [0.05, 0.1) is 5.52 Å². The summed E-state index contributed by atoms with van der Waals surface area (Å²) in [5, 5.41) is 1.34. The van der Waals surface area contributed by atoms with Crippen molar-refractivity contribution >= 4 is 10.9 Å². The van der Waals surface area contributed by atoms with Crippen molar-refractivity contribution in [2.75, 3.05) is 0 Å². The molecule has 0 radical (unpaired) electrons. The number of hydrogen-bond acceptors (Lipinski definition) is 0. The Morgan fingerprint density at radius 2 is 1.46 bits per heavy atom. The SMILES string of the molecule is CC1(C)c2ccccc2-c2c1ccc1c2ccn1-c1ccccc1. The second-order valence-corrected chi connectivity index (χ2v) is 7.11. The van der Waals surface area contributed by atoms with Gasteiger partial charge in [-0.05, 0) is 46.5 Å². The third-order valence-corrected chi connectivity index (χ3v) is 5.45. The number of para-hydroxylation sites is 1. The Labute approximate surface area is 142 Å². The van der Waals surface area contributed by atoms with Gasteiger partial charge < -0.3 is 4.57 Å². The zero-order chi connectivity index (χ0) is 16.3. The first-order valence-electron chi connectivity index (χ1n) is 8.48. The Morgan fingerprint density at radius 3 is 2.29 bits per heavy atom. The van der Waals surface area contributed by atoms with Crippen LogP contribution in [0.2, 0.25) is 0 Å². The van der Waals surface area contributed by atoms with E-state index in [9.17, 15) is 0 Å². The fourth-order valence-electron chi connectivity index (χ4n) is 4.23. The highest BCUT2D eigenvalue weighted by atomic mass is 15.0. The molecule has 0 saturated carbocycles. The first-order valence-corrected chi connectivity index (χ1v) is 8.48. The summed E-state index contributed by atoms with van der Waals surface area (Å²) in [6, 6.07) is 26.2. The quantitative estimate of drug-likeness (QED) is 0.410. The smallest absolute Gasteiger partial charge is 0.0534 e. The first kappa shape index (κ1) is 13.6. The van der Waals surface area contributed by atoms with Crippen molar-refractivity contribution in [3.63, 3.8) is 0 Å². The lowest BCUT2D eigenvalue weighted by molar-refractivity contribution is 0.661. The Balaban J connectivity index is 1.86. The Kier molecular flexibility index (Phi) is 2.62. The second-order valence-electron chi connectivity index (χ2n) is 7.11. The van der Waals surface area contributed by atoms with Gasteiger partial charge >= 0.3 is 0 Å². The van der Waals surface area contributed by atoms with E-state index < -0.39 is 0 Å². The van der Waals surface area contributed by atoms with Gasteiger partial charge in [0.2, 0.25) is 0 Å². The summed E-state index contributed by atoms with van der Waals surface area (Å²) < 4.78 is 2.28. The number of nitrogens with zero attached hydrogens (tertiary/aromatic N) is 1. The predicted molar refractivity (Wildman–Crippen MR) is 101 cm³/mol. The van der Waals surface area contributed by atoms with Crippen molar-refractivity contribution in [1.29, 1.82) is 0 Å². The average Bonchev–Trinajstić information content (AvgIpc) is 3.14. The molecule has 1 aliphatic carbocycles. The van der Waals surface area contributed by atoms with Gasteiger partial charge in [-0.2, -0.15) is 0 Å². The molecule has 0 atom stereocenters. The number of hydrogen-bond donors (Lipinski definition) is 0. The molecule has 0 aliphatic heterocycles. The molecule has 4 aromatic rings. The summed E-state index contributed by atoms with van der Waals surface area (Å²) in [5.74, 6) is 0. The van der Waals surface area contributed by atoms with E-state index in [-0.39, 0.29) is 5.41 Å². The van der Waals surface area contributed by atoms with E-state index in [1.54, 1.807) is 0 Å². The summed E-state index contributed by atoms with van der Waals surface area (Å²) >= 11 is 0. The van der Waals surface area contributed by atoms with E-state index in [0.29, 0.717) is 0 Å². The Bertz CT molecular complexity index is 1070. The van der Waals surface area contributed by atoms with Gasteiger partial charge in [-0.15, -0.1) is 0 Å². The van der Waals surface area contributed by atoms with E-state index in [4.69, 9.17) is 0 Å². The monoisotopic (exact) mass is 309 g/mol. The molecule has 0 bridgehead atoms. The maximum Gasteiger partial charge on any atom is 0.0534 e. The Hall–Kier alpha value is -2.80. The van der Waals surface area contributed by atoms with E-state index >= 15 is 0 Å². The lowest BCUT2D eigenvalue weighted by Gasteiger charge is -2.21. The molecule has 0 saturated heterocycles. The summed E-state index contributed by atoms with van der Waals surface area (Å²) in [6.45, 7) is 4.66. The highest BCUT2D eigenvalue weighted by Gasteiger charge is 2.36. The van der Waals surface area contributed by atoms with Gasteiger partial charge in [0.15, 0.2) is 0 Å². The maximum atomic E-state index is 2.33. The van der Waals surface area contributed by atoms with E-state index in [2.05, 4.69) is 97.4 Å². The highest BCUT2D eigenvalue weighted by molar-refractivity contribution is 6.02. The normalized spacial score (nSPS) is 14.6. The molecule has 1 heteroatoms. The van der Waals surface area contributed by atoms with E-state index in [0.717, 1.165) is 0 Å². The summed E-state index contributed by atoms with van der Waals surface area (Å²) in [4.78, 5) is 0. The van der Waals surface area contributed by atoms with Crippen molar-refractivity contribution in [2.45, 2.75) is 19.3 Å². The summed E-state index contributed by atoms with van der Waals surface area (Å²) in [7, 11) is 0. The largest absolute Gasteiger partial charge is 0.317 e.